The molecule has 0 bridgehead atoms. The average Bonchev–Trinajstić information content (AvgIpc) is 3.04. The summed E-state index contributed by atoms with van der Waals surface area (Å²) in [5, 5.41) is 10.7. The molecule has 26 heavy (non-hydrogen) atoms. The van der Waals surface area contributed by atoms with Gasteiger partial charge in [-0.15, -0.1) is 0 Å². The van der Waals surface area contributed by atoms with Crippen LogP contribution in [0.15, 0.2) is 60.8 Å². The van der Waals surface area contributed by atoms with E-state index < -0.39 is 0 Å². The van der Waals surface area contributed by atoms with Gasteiger partial charge in [-0.1, -0.05) is 30.3 Å². The number of hydrogen-bond donors (Lipinski definition) is 2. The van der Waals surface area contributed by atoms with E-state index in [1.165, 1.54) is 13.0 Å². The Labute approximate surface area is 155 Å². The van der Waals surface area contributed by atoms with Gasteiger partial charge in [0.2, 0.25) is 0 Å². The third kappa shape index (κ3) is 4.52. The van der Waals surface area contributed by atoms with Crippen LogP contribution in [-0.4, -0.2) is 20.7 Å². The van der Waals surface area contributed by atoms with Gasteiger partial charge in [-0.25, -0.2) is 4.39 Å². The molecule has 0 aliphatic rings. The van der Waals surface area contributed by atoms with Crippen molar-refractivity contribution in [1.29, 1.82) is 0 Å². The van der Waals surface area contributed by atoms with E-state index in [4.69, 9.17) is 12.2 Å². The van der Waals surface area contributed by atoms with Crippen LogP contribution < -0.4 is 10.6 Å². The van der Waals surface area contributed by atoms with E-state index >= 15 is 0 Å². The smallest absolute Gasteiger partial charge is 0.176 e. The Morgan fingerprint density at radius 1 is 1.15 bits per heavy atom. The lowest BCUT2D eigenvalue weighted by Crippen LogP contribution is -2.19. The number of carbonyl (C=O) groups is 1. The van der Waals surface area contributed by atoms with Crippen molar-refractivity contribution in [2.75, 3.05) is 10.6 Å². The van der Waals surface area contributed by atoms with E-state index in [0.717, 1.165) is 0 Å². The lowest BCUT2D eigenvalue weighted by Gasteiger charge is -2.09. The molecule has 1 aromatic heterocycles. The summed E-state index contributed by atoms with van der Waals surface area (Å²) in [6.45, 7) is 1.84. The summed E-state index contributed by atoms with van der Waals surface area (Å²) in [7, 11) is 0. The molecule has 2 N–H and O–H groups in total. The van der Waals surface area contributed by atoms with Gasteiger partial charge >= 0.3 is 0 Å². The molecule has 0 radical (unpaired) electrons. The van der Waals surface area contributed by atoms with Crippen molar-refractivity contribution in [2.45, 2.75) is 13.5 Å². The number of ketones is 1. The van der Waals surface area contributed by atoms with Crippen LogP contribution in [0.25, 0.3) is 0 Å². The van der Waals surface area contributed by atoms with Crippen molar-refractivity contribution in [3.63, 3.8) is 0 Å². The Hall–Kier alpha value is -3.06. The molecule has 0 aliphatic carbocycles. The lowest BCUT2D eigenvalue weighted by molar-refractivity contribution is 0.101. The third-order valence-electron chi connectivity index (χ3n) is 3.70. The predicted octanol–water partition coefficient (Wildman–Crippen LogP) is 4.08. The van der Waals surface area contributed by atoms with Gasteiger partial charge in [0, 0.05) is 29.1 Å². The number of Topliss-reactive ketones (excluding diaryl/α,β-unsaturated/α-hetero) is 1. The minimum atomic E-state index is -0.264. The highest BCUT2D eigenvalue weighted by atomic mass is 32.1. The summed E-state index contributed by atoms with van der Waals surface area (Å²) >= 11 is 5.27. The zero-order chi connectivity index (χ0) is 18.5. The first-order valence-electron chi connectivity index (χ1n) is 7.97. The molecular formula is C19H17FN4OS. The zero-order valence-corrected chi connectivity index (χ0v) is 14.9. The number of carbonyl (C=O) groups excluding carboxylic acids is 1. The number of halogens is 1. The second-order valence-electron chi connectivity index (χ2n) is 5.71. The maximum atomic E-state index is 13.7. The van der Waals surface area contributed by atoms with E-state index in [2.05, 4.69) is 15.7 Å². The quantitative estimate of drug-likeness (QED) is 0.525. The molecule has 0 saturated carbocycles. The Morgan fingerprint density at radius 3 is 2.73 bits per heavy atom. The fourth-order valence-electron chi connectivity index (χ4n) is 2.41. The number of aromatic nitrogens is 2. The van der Waals surface area contributed by atoms with Gasteiger partial charge < -0.3 is 10.6 Å². The Balaban J connectivity index is 1.62. The van der Waals surface area contributed by atoms with E-state index in [9.17, 15) is 9.18 Å². The van der Waals surface area contributed by atoms with Crippen LogP contribution in [-0.2, 0) is 6.54 Å². The van der Waals surface area contributed by atoms with Crippen LogP contribution >= 0.6 is 12.2 Å². The molecule has 5 nitrogen and oxygen atoms in total. The highest BCUT2D eigenvalue weighted by Crippen LogP contribution is 2.13. The molecule has 0 amide bonds. The lowest BCUT2D eigenvalue weighted by atomic mass is 10.1. The van der Waals surface area contributed by atoms with E-state index in [1.807, 2.05) is 6.07 Å². The fraction of sp³-hybridized carbons (Fsp3) is 0.105. The first-order valence-corrected chi connectivity index (χ1v) is 8.38. The van der Waals surface area contributed by atoms with Crippen molar-refractivity contribution >= 4 is 34.6 Å². The van der Waals surface area contributed by atoms with Crippen LogP contribution in [0.5, 0.6) is 0 Å². The number of nitrogens with zero attached hydrogens (tertiary/aromatic N) is 2. The standard InChI is InChI=1S/C19H17FN4OS/c1-13(25)14-6-4-7-16(11-14)21-19(26)22-18-9-10-24(23-18)12-15-5-2-3-8-17(15)20/h2-11H,12H2,1H3,(H2,21,22,23,26). The highest BCUT2D eigenvalue weighted by Gasteiger charge is 2.06. The Bertz CT molecular complexity index is 954. The first kappa shape index (κ1) is 17.8. The van der Waals surface area contributed by atoms with Gasteiger partial charge in [0.05, 0.1) is 6.54 Å². The summed E-state index contributed by atoms with van der Waals surface area (Å²) in [5.74, 6) is 0.265. The van der Waals surface area contributed by atoms with Crippen molar-refractivity contribution in [2.24, 2.45) is 0 Å². The summed E-state index contributed by atoms with van der Waals surface area (Å²) < 4.78 is 15.3. The fourth-order valence-corrected chi connectivity index (χ4v) is 2.63. The van der Waals surface area contributed by atoms with Crippen LogP contribution in [0.4, 0.5) is 15.9 Å². The molecule has 1 heterocycles. The largest absolute Gasteiger partial charge is 0.332 e. The minimum absolute atomic E-state index is 0.0144. The summed E-state index contributed by atoms with van der Waals surface area (Å²) in [6.07, 6.45) is 1.74. The summed E-state index contributed by atoms with van der Waals surface area (Å²) in [6, 6.07) is 15.4. The number of rotatable bonds is 5. The molecule has 3 aromatic rings. The maximum absolute atomic E-state index is 13.7. The minimum Gasteiger partial charge on any atom is -0.332 e. The molecule has 0 saturated heterocycles. The van der Waals surface area contributed by atoms with Gasteiger partial charge in [0.1, 0.15) is 5.82 Å². The normalized spacial score (nSPS) is 10.4. The molecular weight excluding hydrogens is 351 g/mol. The van der Waals surface area contributed by atoms with Gasteiger partial charge in [-0.05, 0) is 37.3 Å². The van der Waals surface area contributed by atoms with Crippen LogP contribution in [0.3, 0.4) is 0 Å². The number of thiocarbonyl (C=S) groups is 1. The summed E-state index contributed by atoms with van der Waals surface area (Å²) in [5.41, 5.74) is 1.87. The molecule has 0 spiro atoms. The SMILES string of the molecule is CC(=O)c1cccc(NC(=S)Nc2ccn(Cc3ccccc3F)n2)c1. The first-order chi connectivity index (χ1) is 12.5. The third-order valence-corrected chi connectivity index (χ3v) is 3.90. The van der Waals surface area contributed by atoms with Crippen LogP contribution in [0.1, 0.15) is 22.8 Å². The van der Waals surface area contributed by atoms with Crippen molar-refractivity contribution in [3.8, 4) is 0 Å². The van der Waals surface area contributed by atoms with E-state index in [0.29, 0.717) is 34.3 Å². The average molecular weight is 368 g/mol. The number of anilines is 2. The second-order valence-corrected chi connectivity index (χ2v) is 6.11. The van der Waals surface area contributed by atoms with Crippen molar-refractivity contribution < 1.29 is 9.18 Å². The zero-order valence-electron chi connectivity index (χ0n) is 14.1. The molecule has 0 unspecified atom stereocenters. The monoisotopic (exact) mass is 368 g/mol. The molecule has 0 aliphatic heterocycles. The molecule has 0 fully saturated rings. The van der Waals surface area contributed by atoms with Crippen molar-refractivity contribution in [3.05, 3.63) is 77.7 Å². The van der Waals surface area contributed by atoms with Crippen LogP contribution in [0, 0.1) is 5.82 Å². The molecule has 7 heteroatoms. The highest BCUT2D eigenvalue weighted by molar-refractivity contribution is 7.80. The van der Waals surface area contributed by atoms with Gasteiger partial charge in [0.25, 0.3) is 0 Å². The van der Waals surface area contributed by atoms with Gasteiger partial charge in [0.15, 0.2) is 16.7 Å². The van der Waals surface area contributed by atoms with E-state index in [1.54, 1.807) is 53.3 Å². The van der Waals surface area contributed by atoms with Gasteiger partial charge in [-0.3, -0.25) is 9.48 Å². The molecule has 0 atom stereocenters. The molecule has 2 aromatic carbocycles. The Kier molecular flexibility index (Phi) is 5.38. The number of hydrogen-bond acceptors (Lipinski definition) is 3. The summed E-state index contributed by atoms with van der Waals surface area (Å²) in [4.78, 5) is 11.4. The molecule has 3 rings (SSSR count). The maximum Gasteiger partial charge on any atom is 0.176 e. The topological polar surface area (TPSA) is 59.0 Å². The van der Waals surface area contributed by atoms with Gasteiger partial charge in [-0.2, -0.15) is 5.10 Å². The van der Waals surface area contributed by atoms with Crippen LogP contribution in [0.2, 0.25) is 0 Å². The number of nitrogens with one attached hydrogen (secondary N) is 2. The predicted molar refractivity (Wildman–Crippen MR) is 104 cm³/mol. The van der Waals surface area contributed by atoms with Crippen molar-refractivity contribution in [1.82, 2.24) is 9.78 Å². The van der Waals surface area contributed by atoms with E-state index in [-0.39, 0.29) is 11.6 Å². The Morgan fingerprint density at radius 2 is 1.96 bits per heavy atom. The second kappa shape index (κ2) is 7.88. The number of benzene rings is 2. The molecule has 132 valence electrons.